The molecule has 1 aromatic heterocycles. The number of nitrogens with zero attached hydrogens (tertiary/aromatic N) is 2. The number of benzene rings is 1. The van der Waals surface area contributed by atoms with Crippen molar-refractivity contribution in [1.82, 2.24) is 5.43 Å². The molecule has 1 aromatic carbocycles. The van der Waals surface area contributed by atoms with Crippen LogP contribution in [0.2, 0.25) is 0 Å². The highest BCUT2D eigenvalue weighted by Gasteiger charge is 2.13. The molecule has 1 N–H and O–H groups in total. The average Bonchev–Trinajstić information content (AvgIpc) is 2.91. The molecule has 0 aliphatic rings. The minimum absolute atomic E-state index is 0.0272. The third-order valence-electron chi connectivity index (χ3n) is 2.56. The fourth-order valence-electron chi connectivity index (χ4n) is 1.59. The number of nitrogens with one attached hydrogen (secondary N) is 1. The van der Waals surface area contributed by atoms with Gasteiger partial charge in [-0.3, -0.25) is 14.9 Å². The standard InChI is InChI=1S/C13H11N3O4/c1-9-7-10(4-5-12(9)16(18)19)13(17)15-14-8-11-3-2-6-20-11/h2-8H,1H3,(H,15,17)/b14-8+. The maximum Gasteiger partial charge on any atom is 0.272 e. The van der Waals surface area contributed by atoms with Gasteiger partial charge in [0.2, 0.25) is 0 Å². The average molecular weight is 273 g/mol. The van der Waals surface area contributed by atoms with Crippen LogP contribution >= 0.6 is 0 Å². The summed E-state index contributed by atoms with van der Waals surface area (Å²) in [4.78, 5) is 22.0. The predicted molar refractivity (Wildman–Crippen MR) is 71.6 cm³/mol. The van der Waals surface area contributed by atoms with E-state index < -0.39 is 10.8 Å². The Bertz CT molecular complexity index is 662. The lowest BCUT2D eigenvalue weighted by molar-refractivity contribution is -0.385. The number of nitro groups is 1. The van der Waals surface area contributed by atoms with E-state index in [1.54, 1.807) is 19.1 Å². The summed E-state index contributed by atoms with van der Waals surface area (Å²) in [6, 6.07) is 7.49. The molecule has 2 rings (SSSR count). The molecule has 7 nitrogen and oxygen atoms in total. The molecule has 0 bridgehead atoms. The Morgan fingerprint density at radius 1 is 1.45 bits per heavy atom. The topological polar surface area (TPSA) is 97.7 Å². The minimum atomic E-state index is -0.494. The van der Waals surface area contributed by atoms with E-state index in [9.17, 15) is 14.9 Å². The Hall–Kier alpha value is -2.96. The van der Waals surface area contributed by atoms with E-state index in [2.05, 4.69) is 10.5 Å². The zero-order valence-corrected chi connectivity index (χ0v) is 10.6. The summed E-state index contributed by atoms with van der Waals surface area (Å²) in [5.74, 6) is 0.0518. The monoisotopic (exact) mass is 273 g/mol. The highest BCUT2D eigenvalue weighted by molar-refractivity contribution is 5.95. The molecule has 0 saturated carbocycles. The van der Waals surface area contributed by atoms with Gasteiger partial charge in [-0.15, -0.1) is 0 Å². The van der Waals surface area contributed by atoms with Crippen LogP contribution in [0.1, 0.15) is 21.7 Å². The highest BCUT2D eigenvalue weighted by Crippen LogP contribution is 2.18. The van der Waals surface area contributed by atoms with Crippen molar-refractivity contribution in [1.29, 1.82) is 0 Å². The van der Waals surface area contributed by atoms with E-state index in [1.807, 2.05) is 0 Å². The summed E-state index contributed by atoms with van der Waals surface area (Å²) in [6.07, 6.45) is 2.85. The molecule has 0 aliphatic heterocycles. The van der Waals surface area contributed by atoms with Gasteiger partial charge in [0.15, 0.2) is 0 Å². The SMILES string of the molecule is Cc1cc(C(=O)N/N=C/c2ccco2)ccc1[N+](=O)[O-]. The third-order valence-corrected chi connectivity index (χ3v) is 2.56. The molecule has 0 spiro atoms. The second kappa shape index (κ2) is 5.79. The molecule has 102 valence electrons. The van der Waals surface area contributed by atoms with Crippen LogP contribution in [-0.2, 0) is 0 Å². The van der Waals surface area contributed by atoms with Crippen LogP contribution in [0.3, 0.4) is 0 Å². The summed E-state index contributed by atoms with van der Waals surface area (Å²) >= 11 is 0. The zero-order chi connectivity index (χ0) is 14.5. The lowest BCUT2D eigenvalue weighted by atomic mass is 10.1. The number of nitro benzene ring substituents is 1. The van der Waals surface area contributed by atoms with Gasteiger partial charge in [-0.1, -0.05) is 0 Å². The predicted octanol–water partition coefficient (Wildman–Crippen LogP) is 2.26. The van der Waals surface area contributed by atoms with Gasteiger partial charge in [-0.05, 0) is 31.2 Å². The van der Waals surface area contributed by atoms with Gasteiger partial charge in [0.25, 0.3) is 11.6 Å². The van der Waals surface area contributed by atoms with Crippen LogP contribution in [0, 0.1) is 17.0 Å². The molecule has 0 fully saturated rings. The van der Waals surface area contributed by atoms with Crippen LogP contribution in [0.25, 0.3) is 0 Å². The first-order valence-electron chi connectivity index (χ1n) is 5.70. The summed E-state index contributed by atoms with van der Waals surface area (Å²) in [6.45, 7) is 1.57. The van der Waals surface area contributed by atoms with E-state index in [4.69, 9.17) is 4.42 Å². The van der Waals surface area contributed by atoms with Crippen molar-refractivity contribution in [3.8, 4) is 0 Å². The van der Waals surface area contributed by atoms with Gasteiger partial charge in [0, 0.05) is 17.2 Å². The van der Waals surface area contributed by atoms with E-state index in [0.29, 0.717) is 16.9 Å². The molecule has 7 heteroatoms. The Kier molecular flexibility index (Phi) is 3.90. The molecular formula is C13H11N3O4. The lowest BCUT2D eigenvalue weighted by Crippen LogP contribution is -2.17. The van der Waals surface area contributed by atoms with Crippen molar-refractivity contribution in [3.63, 3.8) is 0 Å². The Morgan fingerprint density at radius 3 is 2.85 bits per heavy atom. The normalized spacial score (nSPS) is 10.7. The van der Waals surface area contributed by atoms with Gasteiger partial charge in [-0.2, -0.15) is 5.10 Å². The van der Waals surface area contributed by atoms with E-state index in [0.717, 1.165) is 0 Å². The largest absolute Gasteiger partial charge is 0.463 e. The maximum absolute atomic E-state index is 11.8. The van der Waals surface area contributed by atoms with Crippen molar-refractivity contribution >= 4 is 17.8 Å². The molecule has 0 unspecified atom stereocenters. The third kappa shape index (κ3) is 3.08. The van der Waals surface area contributed by atoms with Crippen LogP contribution in [0.5, 0.6) is 0 Å². The number of rotatable bonds is 4. The van der Waals surface area contributed by atoms with Crippen LogP contribution in [-0.4, -0.2) is 17.0 Å². The second-order valence-electron chi connectivity index (χ2n) is 3.97. The van der Waals surface area contributed by atoms with Crippen molar-refractivity contribution in [2.45, 2.75) is 6.92 Å². The molecule has 1 amide bonds. The van der Waals surface area contributed by atoms with Gasteiger partial charge in [0.05, 0.1) is 17.4 Å². The first-order valence-corrected chi connectivity index (χ1v) is 5.70. The lowest BCUT2D eigenvalue weighted by Gasteiger charge is -2.01. The van der Waals surface area contributed by atoms with Gasteiger partial charge in [-0.25, -0.2) is 5.43 Å². The smallest absolute Gasteiger partial charge is 0.272 e. The van der Waals surface area contributed by atoms with Crippen LogP contribution in [0.4, 0.5) is 5.69 Å². The number of carbonyl (C=O) groups is 1. The number of hydrogen-bond acceptors (Lipinski definition) is 5. The summed E-state index contributed by atoms with van der Waals surface area (Å²) in [5, 5.41) is 14.4. The van der Waals surface area contributed by atoms with Crippen molar-refractivity contribution in [2.75, 3.05) is 0 Å². The number of furan rings is 1. The van der Waals surface area contributed by atoms with Crippen molar-refractivity contribution in [3.05, 3.63) is 63.6 Å². The molecule has 0 atom stereocenters. The quantitative estimate of drug-likeness (QED) is 0.524. The number of hydrazone groups is 1. The Labute approximate surface area is 114 Å². The zero-order valence-electron chi connectivity index (χ0n) is 10.6. The van der Waals surface area contributed by atoms with E-state index in [1.165, 1.54) is 30.7 Å². The molecule has 0 radical (unpaired) electrons. The fraction of sp³-hybridized carbons (Fsp3) is 0.0769. The number of carbonyl (C=O) groups excluding carboxylic acids is 1. The van der Waals surface area contributed by atoms with Crippen LogP contribution in [0.15, 0.2) is 46.1 Å². The van der Waals surface area contributed by atoms with E-state index >= 15 is 0 Å². The van der Waals surface area contributed by atoms with Gasteiger partial charge < -0.3 is 4.42 Å². The minimum Gasteiger partial charge on any atom is -0.463 e. The van der Waals surface area contributed by atoms with Crippen molar-refractivity contribution in [2.24, 2.45) is 5.10 Å². The first-order chi connectivity index (χ1) is 9.58. The number of hydrogen-bond donors (Lipinski definition) is 1. The molecular weight excluding hydrogens is 262 g/mol. The van der Waals surface area contributed by atoms with Gasteiger partial charge >= 0.3 is 0 Å². The van der Waals surface area contributed by atoms with Crippen molar-refractivity contribution < 1.29 is 14.1 Å². The second-order valence-corrected chi connectivity index (χ2v) is 3.97. The number of amides is 1. The first kappa shape index (κ1) is 13.5. The highest BCUT2D eigenvalue weighted by atomic mass is 16.6. The summed E-state index contributed by atoms with van der Waals surface area (Å²) in [5.41, 5.74) is 3.00. The molecule has 0 aliphatic carbocycles. The molecule has 1 heterocycles. The van der Waals surface area contributed by atoms with Crippen LogP contribution < -0.4 is 5.43 Å². The molecule has 0 saturated heterocycles. The summed E-state index contributed by atoms with van der Waals surface area (Å²) < 4.78 is 5.01. The Morgan fingerprint density at radius 2 is 2.25 bits per heavy atom. The molecule has 20 heavy (non-hydrogen) atoms. The van der Waals surface area contributed by atoms with E-state index in [-0.39, 0.29) is 5.69 Å². The maximum atomic E-state index is 11.8. The number of aryl methyl sites for hydroxylation is 1. The van der Waals surface area contributed by atoms with Gasteiger partial charge in [0.1, 0.15) is 5.76 Å². The Balaban J connectivity index is 2.06. The molecule has 2 aromatic rings. The fourth-order valence-corrected chi connectivity index (χ4v) is 1.59. The summed E-state index contributed by atoms with van der Waals surface area (Å²) in [7, 11) is 0.